The van der Waals surface area contributed by atoms with E-state index in [9.17, 15) is 29.7 Å². The van der Waals surface area contributed by atoms with Crippen molar-refractivity contribution < 1.29 is 29.7 Å². The zero-order valence-electron chi connectivity index (χ0n) is 26.7. The monoisotopic (exact) mass is 639 g/mol. The molecule has 3 fully saturated rings. The van der Waals surface area contributed by atoms with E-state index in [1.54, 1.807) is 0 Å². The van der Waals surface area contributed by atoms with Gasteiger partial charge in [0.15, 0.2) is 0 Å². The highest BCUT2D eigenvalue weighted by atomic mass is 32.1. The first-order valence-corrected chi connectivity index (χ1v) is 16.2. The van der Waals surface area contributed by atoms with Crippen LogP contribution in [0.3, 0.4) is 0 Å². The van der Waals surface area contributed by atoms with Crippen molar-refractivity contribution in [1.82, 2.24) is 26.1 Å². The van der Waals surface area contributed by atoms with Crippen LogP contribution in [0.15, 0.2) is 34.2 Å². The second-order valence-corrected chi connectivity index (χ2v) is 13.7. The molecule has 0 aliphatic carbocycles. The van der Waals surface area contributed by atoms with Crippen LogP contribution in [0.25, 0.3) is 12.2 Å². The van der Waals surface area contributed by atoms with E-state index >= 15 is 0 Å². The number of rotatable bonds is 11. The van der Waals surface area contributed by atoms with Crippen LogP contribution in [0.1, 0.15) is 82.8 Å². The number of carboxylic acid groups (broad SMARTS) is 2. The van der Waals surface area contributed by atoms with Crippen molar-refractivity contribution in [2.75, 3.05) is 0 Å². The molecule has 12 heteroatoms. The first kappa shape index (κ1) is 33.1. The van der Waals surface area contributed by atoms with Gasteiger partial charge in [0.25, 0.3) is 0 Å². The predicted octanol–water partition coefficient (Wildman–Crippen LogP) is 3.70. The van der Waals surface area contributed by atoms with Gasteiger partial charge in [-0.25, -0.2) is 5.43 Å². The number of aliphatic carboxylic acids is 2. The van der Waals surface area contributed by atoms with E-state index in [0.717, 1.165) is 50.6 Å². The summed E-state index contributed by atoms with van der Waals surface area (Å²) in [7, 11) is 0. The van der Waals surface area contributed by atoms with Gasteiger partial charge in [0.2, 0.25) is 11.8 Å². The molecule has 0 saturated carbocycles. The second-order valence-electron chi connectivity index (χ2n) is 12.9. The average Bonchev–Trinajstić information content (AvgIpc) is 3.13. The molecule has 1 aromatic heterocycles. The number of aromatic amines is 1. The third-order valence-corrected chi connectivity index (χ3v) is 10.5. The zero-order valence-corrected chi connectivity index (χ0v) is 27.6. The highest BCUT2D eigenvalue weighted by molar-refractivity contribution is 7.80. The summed E-state index contributed by atoms with van der Waals surface area (Å²) < 4.78 is 0. The van der Waals surface area contributed by atoms with Crippen LogP contribution < -0.4 is 16.1 Å². The minimum Gasteiger partial charge on any atom is -0.481 e. The molecule has 3 saturated heterocycles. The molecule has 7 N–H and O–H groups in total. The highest BCUT2D eigenvalue weighted by Crippen LogP contribution is 2.49. The lowest BCUT2D eigenvalue weighted by atomic mass is 9.89. The molecule has 0 bridgehead atoms. The largest absolute Gasteiger partial charge is 0.481 e. The third kappa shape index (κ3) is 6.13. The van der Waals surface area contributed by atoms with E-state index in [4.69, 9.17) is 0 Å². The average molecular weight is 640 g/mol. The number of hydrogen-bond donors (Lipinski definition) is 8. The Morgan fingerprint density at radius 2 is 1.73 bits per heavy atom. The lowest BCUT2D eigenvalue weighted by Crippen LogP contribution is -2.35. The Morgan fingerprint density at radius 1 is 1.07 bits per heavy atom. The molecule has 1 amide bonds. The Kier molecular flexibility index (Phi) is 9.16. The number of fused-ring (bicyclic) bond motifs is 1. The summed E-state index contributed by atoms with van der Waals surface area (Å²) in [5.41, 5.74) is 10.9. The van der Waals surface area contributed by atoms with Crippen LogP contribution in [-0.4, -0.2) is 66.3 Å². The van der Waals surface area contributed by atoms with E-state index in [2.05, 4.69) is 40.6 Å². The molecular weight excluding hydrogens is 594 g/mol. The molecule has 0 radical (unpaired) electrons. The minimum absolute atomic E-state index is 0.0252. The number of H-pyrrole nitrogens is 1. The number of aliphatic hydroxyl groups is 1. The van der Waals surface area contributed by atoms with E-state index in [1.807, 2.05) is 57.9 Å². The number of carbonyl (C=O) groups is 3. The van der Waals surface area contributed by atoms with Crippen molar-refractivity contribution in [2.45, 2.75) is 96.8 Å². The fraction of sp³-hybridized carbons (Fsp3) is 0.545. The maximum Gasteiger partial charge on any atom is 0.303 e. The molecular formula is C33H45N5O6S. The fourth-order valence-corrected chi connectivity index (χ4v) is 7.97. The Hall–Kier alpha value is -3.32. The van der Waals surface area contributed by atoms with Gasteiger partial charge in [-0.1, -0.05) is 26.8 Å². The summed E-state index contributed by atoms with van der Waals surface area (Å²) in [6, 6.07) is -0.0414. The maximum absolute atomic E-state index is 12.5. The summed E-state index contributed by atoms with van der Waals surface area (Å²) in [5.74, 6) is -3.10. The topological polar surface area (TPSA) is 177 Å². The second kappa shape index (κ2) is 12.5. The number of carboxylic acids is 2. The normalized spacial score (nSPS) is 34.0. The summed E-state index contributed by atoms with van der Waals surface area (Å²) >= 11 is 4.64. The molecule has 8 atom stereocenters. The lowest BCUT2D eigenvalue weighted by Gasteiger charge is -2.24. The van der Waals surface area contributed by atoms with Crippen LogP contribution in [0.5, 0.6) is 0 Å². The molecule has 5 rings (SSSR count). The van der Waals surface area contributed by atoms with E-state index in [1.165, 1.54) is 0 Å². The van der Waals surface area contributed by atoms with E-state index in [0.29, 0.717) is 19.3 Å². The number of thiol groups is 1. The summed E-state index contributed by atoms with van der Waals surface area (Å²) in [6.45, 7) is 11.9. The van der Waals surface area contributed by atoms with Crippen molar-refractivity contribution in [3.63, 3.8) is 0 Å². The summed E-state index contributed by atoms with van der Waals surface area (Å²) in [6.07, 6.45) is 7.11. The molecule has 1 aromatic rings. The van der Waals surface area contributed by atoms with Crippen LogP contribution in [0, 0.1) is 24.7 Å². The Bertz CT molecular complexity index is 1540. The van der Waals surface area contributed by atoms with Gasteiger partial charge in [0.05, 0.1) is 0 Å². The van der Waals surface area contributed by atoms with Crippen LogP contribution >= 0.6 is 12.6 Å². The molecule has 3 unspecified atom stereocenters. The number of hydrazine groups is 1. The highest BCUT2D eigenvalue weighted by Gasteiger charge is 2.65. The van der Waals surface area contributed by atoms with Crippen molar-refractivity contribution in [3.05, 3.63) is 56.7 Å². The smallest absolute Gasteiger partial charge is 0.303 e. The quantitative estimate of drug-likeness (QED) is 0.102. The number of nitrogens with zero attached hydrogens (tertiary/aromatic N) is 1. The number of carbonyl (C=O) groups excluding carboxylic acids is 1. The van der Waals surface area contributed by atoms with Gasteiger partial charge < -0.3 is 30.9 Å². The van der Waals surface area contributed by atoms with Crippen LogP contribution in [0.2, 0.25) is 0 Å². The Balaban J connectivity index is 1.51. The SMILES string of the molecule is C/C=C1/C(C)[C@@H](CC2N/C(=C\c3[nH]c(/C=C4\NC(=O)[C@H](C)[C@H]4[C@H](C)S)c(C)c3CCC(=O)O)C(CCC(=O)O)=C2C)N2N[C@]12O. The molecule has 5 heterocycles. The van der Waals surface area contributed by atoms with Gasteiger partial charge in [-0.15, -0.1) is 0 Å². The van der Waals surface area contributed by atoms with Crippen molar-refractivity contribution >= 4 is 42.6 Å². The number of aromatic nitrogens is 1. The van der Waals surface area contributed by atoms with Gasteiger partial charge in [0, 0.05) is 64.8 Å². The first-order chi connectivity index (χ1) is 21.2. The standard InChI is InChI=1S/C33H45N5O6S/c1-7-22-17(4)28(38-33(22,44)37-38)14-24-16(3)21(9-11-30(41)42)26(35-24)13-25-20(8-10-29(39)40)15(2)23(34-25)12-27-31(19(6)45)18(5)32(43)36-27/h7,12-13,17-19,24,28,31,34-35,37,44-45H,8-11,14H2,1-6H3,(H,36,43)(H,39,40)(H,41,42)/b22-7-,26-13-,27-12-/t17?,18-,19+,24?,28-,31+,33-,38?/m1/s1. The van der Waals surface area contributed by atoms with Gasteiger partial charge in [-0.05, 0) is 85.9 Å². The molecule has 244 valence electrons. The van der Waals surface area contributed by atoms with E-state index in [-0.39, 0.29) is 53.8 Å². The first-order valence-electron chi connectivity index (χ1n) is 15.7. The number of amides is 1. The Labute approximate surface area is 269 Å². The molecule has 45 heavy (non-hydrogen) atoms. The van der Waals surface area contributed by atoms with Gasteiger partial charge in [-0.3, -0.25) is 14.4 Å². The van der Waals surface area contributed by atoms with Gasteiger partial charge in [0.1, 0.15) is 0 Å². The van der Waals surface area contributed by atoms with Crippen LogP contribution in [0.4, 0.5) is 0 Å². The molecule has 4 aliphatic rings. The van der Waals surface area contributed by atoms with Crippen molar-refractivity contribution in [1.29, 1.82) is 0 Å². The Morgan fingerprint density at radius 3 is 2.33 bits per heavy atom. The maximum atomic E-state index is 12.5. The molecule has 4 aliphatic heterocycles. The van der Waals surface area contributed by atoms with Crippen molar-refractivity contribution in [3.8, 4) is 0 Å². The number of nitrogens with one attached hydrogen (secondary N) is 4. The number of allylic oxidation sites excluding steroid dienone is 3. The molecule has 0 spiro atoms. The fourth-order valence-electron chi connectivity index (χ4n) is 7.55. The zero-order chi connectivity index (χ0) is 33.0. The molecule has 11 nitrogen and oxygen atoms in total. The van der Waals surface area contributed by atoms with Gasteiger partial charge in [-0.2, -0.15) is 17.6 Å². The summed E-state index contributed by atoms with van der Waals surface area (Å²) in [5, 5.41) is 38.4. The summed E-state index contributed by atoms with van der Waals surface area (Å²) in [4.78, 5) is 39.2. The van der Waals surface area contributed by atoms with Crippen molar-refractivity contribution in [2.24, 2.45) is 17.8 Å². The van der Waals surface area contributed by atoms with Gasteiger partial charge >= 0.3 is 11.9 Å². The third-order valence-electron chi connectivity index (χ3n) is 10.1. The number of hydrogen-bond acceptors (Lipinski definition) is 8. The van der Waals surface area contributed by atoms with Crippen LogP contribution in [-0.2, 0) is 20.8 Å². The predicted molar refractivity (Wildman–Crippen MR) is 174 cm³/mol. The van der Waals surface area contributed by atoms with E-state index < -0.39 is 17.8 Å². The minimum atomic E-state index is -1.09. The lowest BCUT2D eigenvalue weighted by molar-refractivity contribution is -0.138. The molecule has 0 aromatic carbocycles.